The van der Waals surface area contributed by atoms with Crippen LogP contribution in [0.3, 0.4) is 0 Å². The monoisotopic (exact) mass is 246 g/mol. The fraction of sp³-hybridized carbons (Fsp3) is 0.417. The highest BCUT2D eigenvalue weighted by Gasteiger charge is 2.38. The Kier molecular flexibility index (Phi) is 3.65. The number of nitro groups is 1. The number of likely N-dealkylation sites (tertiary alicyclic amines) is 1. The molecule has 94 valence electrons. The Morgan fingerprint density at radius 1 is 1.39 bits per heavy atom. The molecular formula is C12H15BN2O3. The van der Waals surface area contributed by atoms with Gasteiger partial charge in [0.05, 0.1) is 6.54 Å². The van der Waals surface area contributed by atoms with Crippen LogP contribution >= 0.6 is 0 Å². The molecule has 0 saturated carbocycles. The Balaban J connectivity index is 2.08. The van der Waals surface area contributed by atoms with E-state index in [1.807, 2.05) is 30.3 Å². The molecule has 1 aromatic rings. The zero-order valence-corrected chi connectivity index (χ0v) is 10.3. The van der Waals surface area contributed by atoms with Crippen LogP contribution in [0.1, 0.15) is 12.0 Å². The third-order valence-corrected chi connectivity index (χ3v) is 3.40. The molecule has 2 rings (SSSR count). The Morgan fingerprint density at radius 3 is 2.67 bits per heavy atom. The molecular weight excluding hydrogens is 231 g/mol. The lowest BCUT2D eigenvalue weighted by Gasteiger charge is -2.32. The average Bonchev–Trinajstić information content (AvgIpc) is 2.33. The van der Waals surface area contributed by atoms with Crippen LogP contribution in [-0.2, 0) is 11.3 Å². The van der Waals surface area contributed by atoms with Crippen LogP contribution in [0.5, 0.6) is 0 Å². The summed E-state index contributed by atoms with van der Waals surface area (Å²) < 4.78 is 0. The fourth-order valence-electron chi connectivity index (χ4n) is 2.28. The summed E-state index contributed by atoms with van der Waals surface area (Å²) in [6.45, 7) is 0.665. The van der Waals surface area contributed by atoms with E-state index in [0.29, 0.717) is 6.54 Å². The largest absolute Gasteiger partial charge is 0.332 e. The van der Waals surface area contributed by atoms with Crippen molar-refractivity contribution in [2.24, 2.45) is 0 Å². The highest BCUT2D eigenvalue weighted by molar-refractivity contribution is 6.14. The Labute approximate surface area is 106 Å². The number of piperidine rings is 1. The van der Waals surface area contributed by atoms with Crippen LogP contribution in [-0.4, -0.2) is 36.2 Å². The van der Waals surface area contributed by atoms with Crippen molar-refractivity contribution >= 4 is 13.8 Å². The van der Waals surface area contributed by atoms with Crippen LogP contribution < -0.4 is 0 Å². The third kappa shape index (κ3) is 2.69. The maximum Gasteiger partial charge on any atom is 0.226 e. The fourth-order valence-corrected chi connectivity index (χ4v) is 2.28. The van der Waals surface area contributed by atoms with Crippen molar-refractivity contribution in [2.45, 2.75) is 24.8 Å². The van der Waals surface area contributed by atoms with Gasteiger partial charge in [0.15, 0.2) is 0 Å². The second-order valence-corrected chi connectivity index (χ2v) is 4.79. The van der Waals surface area contributed by atoms with Crippen molar-refractivity contribution in [1.82, 2.24) is 4.90 Å². The van der Waals surface area contributed by atoms with Gasteiger partial charge in [-0.15, -0.1) is 0 Å². The maximum absolute atomic E-state index is 11.9. The first kappa shape index (κ1) is 12.6. The predicted molar refractivity (Wildman–Crippen MR) is 69.6 cm³/mol. The van der Waals surface area contributed by atoms with Gasteiger partial charge in [0, 0.05) is 23.7 Å². The number of hydrogen-bond donors (Lipinski definition) is 0. The van der Waals surface area contributed by atoms with Crippen molar-refractivity contribution in [3.63, 3.8) is 0 Å². The first-order valence-electron chi connectivity index (χ1n) is 6.03. The lowest BCUT2D eigenvalue weighted by atomic mass is 9.75. The molecule has 0 aliphatic carbocycles. The Bertz CT molecular complexity index is 452. The molecule has 0 radical (unpaired) electrons. The Morgan fingerprint density at radius 2 is 2.06 bits per heavy atom. The molecule has 0 unspecified atom stereocenters. The number of benzene rings is 1. The summed E-state index contributed by atoms with van der Waals surface area (Å²) in [6.07, 6.45) is 0.262. The molecule has 1 heterocycles. The van der Waals surface area contributed by atoms with Gasteiger partial charge in [-0.25, -0.2) is 0 Å². The van der Waals surface area contributed by atoms with Crippen LogP contribution in [0.15, 0.2) is 30.3 Å². The smallest absolute Gasteiger partial charge is 0.226 e. The molecule has 1 saturated heterocycles. The molecule has 0 spiro atoms. The number of carbonyl (C=O) groups excluding carboxylic acids is 1. The standard InChI is InChI=1S/C12H15BN2O3/c13-10-6-12(16)14(8-11(10)15(17)18)7-9-4-2-1-3-5-9/h1-5,10-11H,6-8,13H2/t10-,11-/m0/s1. The first-order valence-corrected chi connectivity index (χ1v) is 6.03. The third-order valence-electron chi connectivity index (χ3n) is 3.40. The number of amides is 1. The van der Waals surface area contributed by atoms with Crippen LogP contribution in [0, 0.1) is 10.1 Å². The second-order valence-electron chi connectivity index (χ2n) is 4.79. The summed E-state index contributed by atoms with van der Waals surface area (Å²) in [4.78, 5) is 24.1. The normalized spacial score (nSPS) is 24.0. The maximum atomic E-state index is 11.9. The number of hydrogen-bond acceptors (Lipinski definition) is 3. The van der Waals surface area contributed by atoms with Gasteiger partial charge in [-0.3, -0.25) is 14.9 Å². The molecule has 18 heavy (non-hydrogen) atoms. The van der Waals surface area contributed by atoms with E-state index in [-0.39, 0.29) is 29.6 Å². The minimum absolute atomic E-state index is 0.00412. The van der Waals surface area contributed by atoms with E-state index in [2.05, 4.69) is 0 Å². The van der Waals surface area contributed by atoms with Crippen molar-refractivity contribution in [3.05, 3.63) is 46.0 Å². The summed E-state index contributed by atoms with van der Waals surface area (Å²) >= 11 is 0. The zero-order chi connectivity index (χ0) is 13.1. The number of carbonyl (C=O) groups is 1. The molecule has 1 aliphatic rings. The molecule has 1 aliphatic heterocycles. The molecule has 6 heteroatoms. The highest BCUT2D eigenvalue weighted by atomic mass is 16.6. The van der Waals surface area contributed by atoms with Gasteiger partial charge < -0.3 is 4.90 Å². The molecule has 0 bridgehead atoms. The number of rotatable bonds is 3. The summed E-state index contributed by atoms with van der Waals surface area (Å²) in [7, 11) is 1.77. The summed E-state index contributed by atoms with van der Waals surface area (Å²) in [5, 5.41) is 10.9. The van der Waals surface area contributed by atoms with Crippen LogP contribution in [0.25, 0.3) is 0 Å². The molecule has 1 fully saturated rings. The first-order chi connectivity index (χ1) is 8.58. The van der Waals surface area contributed by atoms with E-state index < -0.39 is 6.04 Å². The van der Waals surface area contributed by atoms with Crippen LogP contribution in [0.4, 0.5) is 0 Å². The second kappa shape index (κ2) is 5.20. The minimum Gasteiger partial charge on any atom is -0.332 e. The van der Waals surface area contributed by atoms with Crippen LogP contribution in [0.2, 0.25) is 5.82 Å². The minimum atomic E-state index is -0.647. The van der Waals surface area contributed by atoms with Gasteiger partial charge in [0.1, 0.15) is 7.85 Å². The topological polar surface area (TPSA) is 63.5 Å². The molecule has 1 aromatic carbocycles. The van der Waals surface area contributed by atoms with Gasteiger partial charge in [-0.2, -0.15) is 0 Å². The summed E-state index contributed by atoms with van der Waals surface area (Å²) in [5.74, 6) is -0.177. The van der Waals surface area contributed by atoms with Crippen molar-refractivity contribution in [1.29, 1.82) is 0 Å². The van der Waals surface area contributed by atoms with E-state index in [9.17, 15) is 14.9 Å². The van der Waals surface area contributed by atoms with Crippen molar-refractivity contribution in [3.8, 4) is 0 Å². The van der Waals surface area contributed by atoms with Crippen molar-refractivity contribution < 1.29 is 9.72 Å². The van der Waals surface area contributed by atoms with E-state index in [1.165, 1.54) is 0 Å². The summed E-state index contributed by atoms with van der Waals surface area (Å²) in [6, 6.07) is 8.91. The lowest BCUT2D eigenvalue weighted by molar-refractivity contribution is -0.524. The van der Waals surface area contributed by atoms with Gasteiger partial charge in [0.2, 0.25) is 11.9 Å². The summed E-state index contributed by atoms with van der Waals surface area (Å²) in [5.41, 5.74) is 1.00. The molecule has 5 nitrogen and oxygen atoms in total. The number of nitrogens with zero attached hydrogens (tertiary/aromatic N) is 2. The van der Waals surface area contributed by atoms with Gasteiger partial charge >= 0.3 is 0 Å². The highest BCUT2D eigenvalue weighted by Crippen LogP contribution is 2.24. The van der Waals surface area contributed by atoms with Gasteiger partial charge in [-0.1, -0.05) is 30.3 Å². The Hall–Kier alpha value is -1.85. The molecule has 2 atom stereocenters. The predicted octanol–water partition coefficient (Wildman–Crippen LogP) is 0.486. The molecule has 1 amide bonds. The average molecular weight is 246 g/mol. The molecule has 0 N–H and O–H groups in total. The van der Waals surface area contributed by atoms with Crippen molar-refractivity contribution in [2.75, 3.05) is 6.54 Å². The van der Waals surface area contributed by atoms with Gasteiger partial charge in [0.25, 0.3) is 0 Å². The molecule has 0 aromatic heterocycles. The van der Waals surface area contributed by atoms with E-state index in [4.69, 9.17) is 0 Å². The van der Waals surface area contributed by atoms with E-state index >= 15 is 0 Å². The lowest BCUT2D eigenvalue weighted by Crippen LogP contribution is -2.48. The van der Waals surface area contributed by atoms with E-state index in [1.54, 1.807) is 12.7 Å². The van der Waals surface area contributed by atoms with Gasteiger partial charge in [-0.05, 0) is 5.56 Å². The SMILES string of the molecule is B[C@H]1CC(=O)N(Cc2ccccc2)C[C@@H]1[N+](=O)[O-]. The quantitative estimate of drug-likeness (QED) is 0.443. The van der Waals surface area contributed by atoms with E-state index in [0.717, 1.165) is 5.56 Å². The zero-order valence-electron chi connectivity index (χ0n) is 10.3.